The van der Waals surface area contributed by atoms with Gasteiger partial charge in [0.05, 0.1) is 6.54 Å². The topological polar surface area (TPSA) is 58.2 Å². The van der Waals surface area contributed by atoms with Crippen LogP contribution in [0.2, 0.25) is 0 Å². The van der Waals surface area contributed by atoms with Crippen LogP contribution in [0, 0.1) is 5.82 Å². The van der Waals surface area contributed by atoms with Crippen LogP contribution in [0.15, 0.2) is 54.6 Å². The van der Waals surface area contributed by atoms with E-state index in [0.717, 1.165) is 11.1 Å². The number of nitrogens with one attached hydrogen (secondary N) is 2. The minimum Gasteiger partial charge on any atom is -0.350 e. The average Bonchev–Trinajstić information content (AvgIpc) is 2.58. The fourth-order valence-electron chi connectivity index (χ4n) is 2.04. The Morgan fingerprint density at radius 3 is 2.22 bits per heavy atom. The number of hydrogen-bond donors (Lipinski definition) is 2. The number of carbonyl (C=O) groups is 2. The molecule has 0 spiro atoms. The number of halogens is 1. The fourth-order valence-corrected chi connectivity index (χ4v) is 2.04. The van der Waals surface area contributed by atoms with Crippen LogP contribution in [0.5, 0.6) is 0 Å². The third-order valence-electron chi connectivity index (χ3n) is 3.33. The molecule has 23 heavy (non-hydrogen) atoms. The Morgan fingerprint density at radius 1 is 0.826 bits per heavy atom. The molecule has 0 aliphatic carbocycles. The summed E-state index contributed by atoms with van der Waals surface area (Å²) in [5, 5.41) is 5.26. The van der Waals surface area contributed by atoms with E-state index in [1.807, 2.05) is 30.3 Å². The van der Waals surface area contributed by atoms with Gasteiger partial charge in [0.25, 0.3) is 0 Å². The second kappa shape index (κ2) is 8.68. The van der Waals surface area contributed by atoms with Crippen molar-refractivity contribution >= 4 is 11.8 Å². The third kappa shape index (κ3) is 6.30. The molecule has 0 aliphatic heterocycles. The van der Waals surface area contributed by atoms with Gasteiger partial charge in [-0.2, -0.15) is 0 Å². The van der Waals surface area contributed by atoms with Gasteiger partial charge >= 0.3 is 0 Å². The van der Waals surface area contributed by atoms with Gasteiger partial charge in [-0.25, -0.2) is 4.39 Å². The maximum atomic E-state index is 12.8. The molecule has 4 nitrogen and oxygen atoms in total. The molecule has 0 aromatic heterocycles. The maximum Gasteiger partial charge on any atom is 0.239 e. The molecule has 0 saturated heterocycles. The molecule has 120 valence electrons. The molecule has 0 saturated carbocycles. The van der Waals surface area contributed by atoms with Gasteiger partial charge in [-0.05, 0) is 29.7 Å². The van der Waals surface area contributed by atoms with E-state index in [4.69, 9.17) is 0 Å². The Balaban J connectivity index is 1.63. The number of hydrogen-bond acceptors (Lipinski definition) is 2. The van der Waals surface area contributed by atoms with Gasteiger partial charge in [0.1, 0.15) is 5.82 Å². The normalized spacial score (nSPS) is 10.1. The molecule has 2 aromatic rings. The van der Waals surface area contributed by atoms with Gasteiger partial charge < -0.3 is 10.6 Å². The molecule has 5 heteroatoms. The standard InChI is InChI=1S/C18H19FN2O2/c19-16-9-6-15(7-10-16)12-20-18(23)13-21-17(22)11-8-14-4-2-1-3-5-14/h1-7,9-10H,8,11-13H2,(H,20,23)(H,21,22). The first kappa shape index (κ1) is 16.7. The number of amides is 2. The Morgan fingerprint density at radius 2 is 1.52 bits per heavy atom. The summed E-state index contributed by atoms with van der Waals surface area (Å²) in [6, 6.07) is 15.6. The minimum atomic E-state index is -0.314. The van der Waals surface area contributed by atoms with Crippen LogP contribution in [-0.2, 0) is 22.6 Å². The van der Waals surface area contributed by atoms with Crippen molar-refractivity contribution in [1.29, 1.82) is 0 Å². The van der Waals surface area contributed by atoms with Gasteiger partial charge in [-0.1, -0.05) is 42.5 Å². The highest BCUT2D eigenvalue weighted by atomic mass is 19.1. The quantitative estimate of drug-likeness (QED) is 0.823. The Kier molecular flexibility index (Phi) is 6.29. The van der Waals surface area contributed by atoms with Crippen molar-refractivity contribution in [2.75, 3.05) is 6.54 Å². The number of carbonyl (C=O) groups excluding carboxylic acids is 2. The highest BCUT2D eigenvalue weighted by Crippen LogP contribution is 2.03. The molecule has 2 N–H and O–H groups in total. The summed E-state index contributed by atoms with van der Waals surface area (Å²) < 4.78 is 12.8. The van der Waals surface area contributed by atoms with Crippen molar-refractivity contribution < 1.29 is 14.0 Å². The van der Waals surface area contributed by atoms with E-state index in [-0.39, 0.29) is 24.2 Å². The highest BCUT2D eigenvalue weighted by molar-refractivity contribution is 5.84. The number of benzene rings is 2. The van der Waals surface area contributed by atoms with Crippen LogP contribution in [0.1, 0.15) is 17.5 Å². The molecule has 0 atom stereocenters. The second-order valence-electron chi connectivity index (χ2n) is 5.17. The molecule has 0 bridgehead atoms. The van der Waals surface area contributed by atoms with Gasteiger partial charge in [-0.3, -0.25) is 9.59 Å². The average molecular weight is 314 g/mol. The van der Waals surface area contributed by atoms with Crippen molar-refractivity contribution in [3.8, 4) is 0 Å². The van der Waals surface area contributed by atoms with Crippen LogP contribution < -0.4 is 10.6 Å². The lowest BCUT2D eigenvalue weighted by atomic mass is 10.1. The molecular formula is C18H19FN2O2. The molecule has 2 amide bonds. The van der Waals surface area contributed by atoms with Gasteiger partial charge in [0, 0.05) is 13.0 Å². The van der Waals surface area contributed by atoms with Crippen LogP contribution in [0.25, 0.3) is 0 Å². The summed E-state index contributed by atoms with van der Waals surface area (Å²) in [5.41, 5.74) is 1.89. The van der Waals surface area contributed by atoms with Crippen molar-refractivity contribution in [2.45, 2.75) is 19.4 Å². The molecule has 0 radical (unpaired) electrons. The van der Waals surface area contributed by atoms with E-state index in [1.54, 1.807) is 12.1 Å². The Bertz CT molecular complexity index is 642. The zero-order chi connectivity index (χ0) is 16.5. The van der Waals surface area contributed by atoms with Crippen LogP contribution in [0.4, 0.5) is 4.39 Å². The van der Waals surface area contributed by atoms with Crippen LogP contribution >= 0.6 is 0 Å². The second-order valence-corrected chi connectivity index (χ2v) is 5.17. The summed E-state index contributed by atoms with van der Waals surface area (Å²) in [4.78, 5) is 23.4. The lowest BCUT2D eigenvalue weighted by Gasteiger charge is -2.07. The van der Waals surface area contributed by atoms with Crippen molar-refractivity contribution in [1.82, 2.24) is 10.6 Å². The van der Waals surface area contributed by atoms with Crippen molar-refractivity contribution in [2.24, 2.45) is 0 Å². The van der Waals surface area contributed by atoms with Crippen molar-refractivity contribution in [3.63, 3.8) is 0 Å². The molecule has 0 unspecified atom stereocenters. The van der Waals surface area contributed by atoms with Crippen LogP contribution in [0.3, 0.4) is 0 Å². The van der Waals surface area contributed by atoms with E-state index in [2.05, 4.69) is 10.6 Å². The SMILES string of the molecule is O=C(CCc1ccccc1)NCC(=O)NCc1ccc(F)cc1. The van der Waals surface area contributed by atoms with E-state index in [0.29, 0.717) is 19.4 Å². The van der Waals surface area contributed by atoms with E-state index in [9.17, 15) is 14.0 Å². The molecule has 2 rings (SSSR count). The highest BCUT2D eigenvalue weighted by Gasteiger charge is 2.06. The van der Waals surface area contributed by atoms with E-state index < -0.39 is 0 Å². The maximum absolute atomic E-state index is 12.8. The summed E-state index contributed by atoms with van der Waals surface area (Å²) in [6.07, 6.45) is 0.985. The minimum absolute atomic E-state index is 0.0607. The molecular weight excluding hydrogens is 295 g/mol. The predicted molar refractivity (Wildman–Crippen MR) is 86.0 cm³/mol. The van der Waals surface area contributed by atoms with Gasteiger partial charge in [0.2, 0.25) is 11.8 Å². The lowest BCUT2D eigenvalue weighted by molar-refractivity contribution is -0.126. The smallest absolute Gasteiger partial charge is 0.239 e. The predicted octanol–water partition coefficient (Wildman–Crippen LogP) is 2.19. The largest absolute Gasteiger partial charge is 0.350 e. The molecule has 2 aromatic carbocycles. The summed E-state index contributed by atoms with van der Waals surface area (Å²) in [6.45, 7) is 0.244. The number of aryl methyl sites for hydroxylation is 1. The molecule has 0 aliphatic rings. The summed E-state index contributed by atoms with van der Waals surface area (Å²) >= 11 is 0. The monoisotopic (exact) mass is 314 g/mol. The first-order valence-corrected chi connectivity index (χ1v) is 7.45. The third-order valence-corrected chi connectivity index (χ3v) is 3.33. The Hall–Kier alpha value is -2.69. The van der Waals surface area contributed by atoms with Gasteiger partial charge in [0.15, 0.2) is 0 Å². The Labute approximate surface area is 134 Å². The van der Waals surface area contributed by atoms with E-state index in [1.165, 1.54) is 12.1 Å². The van der Waals surface area contributed by atoms with Crippen molar-refractivity contribution in [3.05, 3.63) is 71.5 Å². The number of rotatable bonds is 7. The van der Waals surface area contributed by atoms with Gasteiger partial charge in [-0.15, -0.1) is 0 Å². The first-order chi connectivity index (χ1) is 11.1. The first-order valence-electron chi connectivity index (χ1n) is 7.45. The zero-order valence-corrected chi connectivity index (χ0v) is 12.7. The lowest BCUT2D eigenvalue weighted by Crippen LogP contribution is -2.36. The molecule has 0 heterocycles. The fraction of sp³-hybridized carbons (Fsp3) is 0.222. The zero-order valence-electron chi connectivity index (χ0n) is 12.7. The summed E-state index contributed by atoms with van der Waals surface area (Å²) in [5.74, 6) is -0.751. The van der Waals surface area contributed by atoms with Crippen LogP contribution in [-0.4, -0.2) is 18.4 Å². The van der Waals surface area contributed by atoms with E-state index >= 15 is 0 Å². The summed E-state index contributed by atoms with van der Waals surface area (Å²) in [7, 11) is 0. The molecule has 0 fully saturated rings.